The van der Waals surface area contributed by atoms with Crippen molar-refractivity contribution in [3.63, 3.8) is 0 Å². The molecule has 2 unspecified atom stereocenters. The summed E-state index contributed by atoms with van der Waals surface area (Å²) in [5.74, 6) is 0. The van der Waals surface area contributed by atoms with Crippen LogP contribution in [0.15, 0.2) is 42.5 Å². The van der Waals surface area contributed by atoms with E-state index in [9.17, 15) is 5.11 Å². The maximum atomic E-state index is 11.4. The molecule has 0 radical (unpaired) electrons. The molecule has 3 heteroatoms. The number of hydrogen-bond donors (Lipinski definition) is 2. The zero-order valence-corrected chi connectivity index (χ0v) is 13.0. The molecule has 2 N–H and O–H groups in total. The van der Waals surface area contributed by atoms with Crippen LogP contribution in [0.25, 0.3) is 0 Å². The quantitative estimate of drug-likeness (QED) is 0.569. The second-order valence-electron chi connectivity index (χ2n) is 5.82. The highest BCUT2D eigenvalue weighted by Gasteiger charge is 2.42. The summed E-state index contributed by atoms with van der Waals surface area (Å²) < 4.78 is 5.41. The summed E-state index contributed by atoms with van der Waals surface area (Å²) >= 11 is 0. The van der Waals surface area contributed by atoms with E-state index in [1.54, 1.807) is 0 Å². The first-order chi connectivity index (χ1) is 10.2. The van der Waals surface area contributed by atoms with Gasteiger partial charge in [0.2, 0.25) is 0 Å². The smallest absolute Gasteiger partial charge is 0.128 e. The van der Waals surface area contributed by atoms with Crippen molar-refractivity contribution in [2.75, 3.05) is 13.3 Å². The average Bonchev–Trinajstić information content (AvgIpc) is 3.06. The Kier molecular flexibility index (Phi) is 5.97. The highest BCUT2D eigenvalue weighted by atomic mass is 16.5. The fourth-order valence-electron chi connectivity index (χ4n) is 2.96. The van der Waals surface area contributed by atoms with Gasteiger partial charge in [0.15, 0.2) is 0 Å². The molecule has 1 aromatic carbocycles. The SMILES string of the molecule is C=C(CCCCCC)C(O)(c1ccccc1)C1COCN1. The van der Waals surface area contributed by atoms with Gasteiger partial charge in [0.05, 0.1) is 19.4 Å². The third-order valence-corrected chi connectivity index (χ3v) is 4.31. The van der Waals surface area contributed by atoms with Gasteiger partial charge in [-0.3, -0.25) is 5.32 Å². The van der Waals surface area contributed by atoms with Crippen LogP contribution in [0.3, 0.4) is 0 Å². The van der Waals surface area contributed by atoms with Crippen molar-refractivity contribution in [1.29, 1.82) is 0 Å². The minimum absolute atomic E-state index is 0.126. The third kappa shape index (κ3) is 3.73. The molecular formula is C18H27NO2. The Hall–Kier alpha value is -1.16. The van der Waals surface area contributed by atoms with Gasteiger partial charge < -0.3 is 9.84 Å². The Balaban J connectivity index is 2.14. The van der Waals surface area contributed by atoms with E-state index in [4.69, 9.17) is 4.74 Å². The van der Waals surface area contributed by atoms with E-state index in [1.165, 1.54) is 19.3 Å². The van der Waals surface area contributed by atoms with E-state index in [0.717, 1.165) is 24.0 Å². The summed E-state index contributed by atoms with van der Waals surface area (Å²) in [4.78, 5) is 0. The Morgan fingerprint density at radius 1 is 1.33 bits per heavy atom. The van der Waals surface area contributed by atoms with Crippen LogP contribution in [0.4, 0.5) is 0 Å². The molecule has 0 spiro atoms. The average molecular weight is 289 g/mol. The van der Waals surface area contributed by atoms with Crippen molar-refractivity contribution in [3.8, 4) is 0 Å². The first-order valence-electron chi connectivity index (χ1n) is 7.97. The maximum Gasteiger partial charge on any atom is 0.128 e. The molecule has 1 fully saturated rings. The summed E-state index contributed by atoms with van der Waals surface area (Å²) in [7, 11) is 0. The van der Waals surface area contributed by atoms with Gasteiger partial charge in [-0.15, -0.1) is 0 Å². The molecule has 1 aromatic rings. The molecule has 21 heavy (non-hydrogen) atoms. The van der Waals surface area contributed by atoms with Gasteiger partial charge in [-0.2, -0.15) is 0 Å². The summed E-state index contributed by atoms with van der Waals surface area (Å²) in [5.41, 5.74) is 0.727. The van der Waals surface area contributed by atoms with E-state index < -0.39 is 5.60 Å². The molecule has 116 valence electrons. The Bertz CT molecular complexity index is 440. The van der Waals surface area contributed by atoms with Crippen molar-refractivity contribution >= 4 is 0 Å². The Labute approximate surface area is 128 Å². The largest absolute Gasteiger partial charge is 0.379 e. The number of hydrogen-bond acceptors (Lipinski definition) is 3. The molecule has 1 saturated heterocycles. The lowest BCUT2D eigenvalue weighted by Gasteiger charge is -2.36. The van der Waals surface area contributed by atoms with Crippen molar-refractivity contribution in [1.82, 2.24) is 5.32 Å². The number of rotatable bonds is 8. The molecule has 1 heterocycles. The second kappa shape index (κ2) is 7.74. The topological polar surface area (TPSA) is 41.5 Å². The van der Waals surface area contributed by atoms with Crippen LogP contribution in [-0.2, 0) is 10.3 Å². The molecule has 0 aromatic heterocycles. The van der Waals surface area contributed by atoms with Gasteiger partial charge in [-0.05, 0) is 24.0 Å². The number of nitrogens with one attached hydrogen (secondary N) is 1. The Morgan fingerprint density at radius 3 is 2.71 bits per heavy atom. The fourth-order valence-corrected chi connectivity index (χ4v) is 2.96. The number of unbranched alkanes of at least 4 members (excludes halogenated alkanes) is 3. The van der Waals surface area contributed by atoms with Crippen molar-refractivity contribution < 1.29 is 9.84 Å². The van der Waals surface area contributed by atoms with Crippen LogP contribution in [0.5, 0.6) is 0 Å². The maximum absolute atomic E-state index is 11.4. The van der Waals surface area contributed by atoms with Crippen LogP contribution in [0.1, 0.15) is 44.6 Å². The minimum atomic E-state index is -1.05. The Morgan fingerprint density at radius 2 is 2.10 bits per heavy atom. The monoisotopic (exact) mass is 289 g/mol. The van der Waals surface area contributed by atoms with E-state index in [-0.39, 0.29) is 6.04 Å². The highest BCUT2D eigenvalue weighted by molar-refractivity contribution is 5.34. The van der Waals surface area contributed by atoms with Crippen molar-refractivity contribution in [2.45, 2.75) is 50.7 Å². The van der Waals surface area contributed by atoms with Crippen LogP contribution in [0.2, 0.25) is 0 Å². The normalized spacial score (nSPS) is 21.1. The third-order valence-electron chi connectivity index (χ3n) is 4.31. The van der Waals surface area contributed by atoms with Gasteiger partial charge in [0.1, 0.15) is 5.60 Å². The highest BCUT2D eigenvalue weighted by Crippen LogP contribution is 2.36. The van der Waals surface area contributed by atoms with Gasteiger partial charge in [-0.25, -0.2) is 0 Å². The minimum Gasteiger partial charge on any atom is -0.379 e. The fraction of sp³-hybridized carbons (Fsp3) is 0.556. The lowest BCUT2D eigenvalue weighted by atomic mass is 9.79. The molecule has 0 amide bonds. The van der Waals surface area contributed by atoms with Gasteiger partial charge in [-0.1, -0.05) is 63.1 Å². The summed E-state index contributed by atoms with van der Waals surface area (Å²) in [6, 6.07) is 9.70. The van der Waals surface area contributed by atoms with E-state index >= 15 is 0 Å². The molecule has 3 nitrogen and oxygen atoms in total. The molecule has 2 rings (SSSR count). The van der Waals surface area contributed by atoms with Crippen LogP contribution in [-0.4, -0.2) is 24.5 Å². The first-order valence-corrected chi connectivity index (χ1v) is 7.97. The molecule has 0 saturated carbocycles. The zero-order valence-electron chi connectivity index (χ0n) is 13.0. The lowest BCUT2D eigenvalue weighted by Crippen LogP contribution is -2.48. The molecule has 0 bridgehead atoms. The zero-order chi connectivity index (χ0) is 15.1. The second-order valence-corrected chi connectivity index (χ2v) is 5.82. The first kappa shape index (κ1) is 16.2. The van der Waals surface area contributed by atoms with Crippen molar-refractivity contribution in [3.05, 3.63) is 48.0 Å². The van der Waals surface area contributed by atoms with Crippen LogP contribution < -0.4 is 5.32 Å². The summed E-state index contributed by atoms with van der Waals surface area (Å²) in [5, 5.41) is 14.6. The number of ether oxygens (including phenoxy) is 1. The molecule has 1 aliphatic heterocycles. The summed E-state index contributed by atoms with van der Waals surface area (Å²) in [6.07, 6.45) is 5.57. The van der Waals surface area contributed by atoms with Gasteiger partial charge in [0.25, 0.3) is 0 Å². The van der Waals surface area contributed by atoms with E-state index in [0.29, 0.717) is 13.3 Å². The predicted octanol–water partition coefficient (Wildman–Crippen LogP) is 3.35. The van der Waals surface area contributed by atoms with Gasteiger partial charge in [0, 0.05) is 0 Å². The molecule has 1 aliphatic rings. The van der Waals surface area contributed by atoms with E-state index in [2.05, 4.69) is 18.8 Å². The number of aliphatic hydroxyl groups is 1. The molecule has 2 atom stereocenters. The van der Waals surface area contributed by atoms with Crippen LogP contribution >= 0.6 is 0 Å². The van der Waals surface area contributed by atoms with Gasteiger partial charge >= 0.3 is 0 Å². The van der Waals surface area contributed by atoms with Crippen LogP contribution in [0, 0.1) is 0 Å². The standard InChI is InChI=1S/C18H27NO2/c1-3-4-5-7-10-15(2)18(20,17-13-21-14-19-17)16-11-8-6-9-12-16/h6,8-9,11-12,17,19-20H,2-5,7,10,13-14H2,1H3. The number of benzene rings is 1. The lowest BCUT2D eigenvalue weighted by molar-refractivity contribution is 0.0322. The predicted molar refractivity (Wildman–Crippen MR) is 86.0 cm³/mol. The van der Waals surface area contributed by atoms with E-state index in [1.807, 2.05) is 30.3 Å². The molecular weight excluding hydrogens is 262 g/mol. The van der Waals surface area contributed by atoms with Crippen molar-refractivity contribution in [2.24, 2.45) is 0 Å². The summed E-state index contributed by atoms with van der Waals surface area (Å²) in [6.45, 7) is 7.41. The molecule has 0 aliphatic carbocycles.